The van der Waals surface area contributed by atoms with Crippen molar-refractivity contribution in [3.63, 3.8) is 0 Å². The lowest BCUT2D eigenvalue weighted by atomic mass is 10.1. The Balaban J connectivity index is 0.000000160. The summed E-state index contributed by atoms with van der Waals surface area (Å²) in [5.41, 5.74) is 12.0. The van der Waals surface area contributed by atoms with Gasteiger partial charge in [0.1, 0.15) is 11.5 Å². The Morgan fingerprint density at radius 3 is 2.15 bits per heavy atom. The van der Waals surface area contributed by atoms with Crippen LogP contribution in [0, 0.1) is 0 Å². The van der Waals surface area contributed by atoms with E-state index in [0.717, 1.165) is 10.8 Å². The number of rotatable bonds is 0. The molecule has 0 heterocycles. The number of hydrogen-bond acceptors (Lipinski definition) is 4. The van der Waals surface area contributed by atoms with Crippen molar-refractivity contribution in [1.29, 1.82) is 0 Å². The molecule has 6 N–H and O–H groups in total. The highest BCUT2D eigenvalue weighted by Crippen LogP contribution is 2.28. The second-order valence-corrected chi connectivity index (χ2v) is 4.31. The number of nitrogen functional groups attached to an aromatic ring is 2. The first kappa shape index (κ1) is 13.5. The molecular weight excluding hydrogens is 252 g/mol. The molecule has 0 saturated carbocycles. The Kier molecular flexibility index (Phi) is 3.96. The molecule has 0 aliphatic heterocycles. The van der Waals surface area contributed by atoms with Gasteiger partial charge in [-0.1, -0.05) is 36.4 Å². The molecule has 0 atom stereocenters. The van der Waals surface area contributed by atoms with E-state index < -0.39 is 0 Å². The number of phenols is 2. The van der Waals surface area contributed by atoms with E-state index >= 15 is 0 Å². The van der Waals surface area contributed by atoms with E-state index in [2.05, 4.69) is 0 Å². The van der Waals surface area contributed by atoms with Gasteiger partial charge in [-0.05, 0) is 23.6 Å². The molecule has 0 unspecified atom stereocenters. The lowest BCUT2D eigenvalue weighted by Gasteiger charge is -2.02. The fourth-order valence-corrected chi connectivity index (χ4v) is 1.81. The Morgan fingerprint density at radius 2 is 1.50 bits per heavy atom. The molecular formula is C16H16N2O2. The second kappa shape index (κ2) is 5.84. The molecule has 0 aliphatic carbocycles. The average Bonchev–Trinajstić information content (AvgIpc) is 2.44. The summed E-state index contributed by atoms with van der Waals surface area (Å²) in [7, 11) is 0. The minimum Gasteiger partial charge on any atom is -0.508 e. The van der Waals surface area contributed by atoms with Crippen molar-refractivity contribution in [1.82, 2.24) is 0 Å². The Labute approximate surface area is 116 Å². The third-order valence-electron chi connectivity index (χ3n) is 2.82. The normalized spacial score (nSPS) is 9.80. The fraction of sp³-hybridized carbons (Fsp3) is 0. The summed E-state index contributed by atoms with van der Waals surface area (Å²) < 4.78 is 0. The number of anilines is 2. The maximum Gasteiger partial charge on any atom is 0.139 e. The van der Waals surface area contributed by atoms with Gasteiger partial charge in [-0.25, -0.2) is 0 Å². The molecule has 102 valence electrons. The van der Waals surface area contributed by atoms with Gasteiger partial charge in [0.2, 0.25) is 0 Å². The van der Waals surface area contributed by atoms with Crippen LogP contribution in [0.1, 0.15) is 0 Å². The largest absolute Gasteiger partial charge is 0.508 e. The maximum absolute atomic E-state index is 9.29. The van der Waals surface area contributed by atoms with Crippen molar-refractivity contribution < 1.29 is 10.2 Å². The molecule has 0 bridgehead atoms. The summed E-state index contributed by atoms with van der Waals surface area (Å²) in [6, 6.07) is 17.7. The zero-order valence-electron chi connectivity index (χ0n) is 10.8. The molecule has 0 spiro atoms. The Morgan fingerprint density at radius 1 is 0.750 bits per heavy atom. The minimum atomic E-state index is 0.147. The van der Waals surface area contributed by atoms with Crippen LogP contribution in [0.4, 0.5) is 11.4 Å². The van der Waals surface area contributed by atoms with Gasteiger partial charge in [-0.15, -0.1) is 0 Å². The fourth-order valence-electron chi connectivity index (χ4n) is 1.81. The van der Waals surface area contributed by atoms with Crippen molar-refractivity contribution in [2.75, 3.05) is 11.5 Å². The molecule has 3 aromatic rings. The van der Waals surface area contributed by atoms with E-state index in [1.165, 1.54) is 6.07 Å². The lowest BCUT2D eigenvalue weighted by Crippen LogP contribution is -1.86. The molecule has 3 rings (SSSR count). The van der Waals surface area contributed by atoms with Crippen LogP contribution in [0.2, 0.25) is 0 Å². The Bertz CT molecular complexity index is 709. The quantitative estimate of drug-likeness (QED) is 0.372. The third-order valence-corrected chi connectivity index (χ3v) is 2.82. The highest BCUT2D eigenvalue weighted by Gasteiger charge is 2.00. The van der Waals surface area contributed by atoms with Gasteiger partial charge in [0.05, 0.1) is 5.69 Å². The number of aromatic hydroxyl groups is 2. The van der Waals surface area contributed by atoms with Crippen molar-refractivity contribution >= 4 is 22.1 Å². The second-order valence-electron chi connectivity index (χ2n) is 4.31. The van der Waals surface area contributed by atoms with Crippen molar-refractivity contribution in [3.8, 4) is 11.5 Å². The molecule has 3 aromatic carbocycles. The maximum atomic E-state index is 9.29. The smallest absolute Gasteiger partial charge is 0.139 e. The minimum absolute atomic E-state index is 0.147. The zero-order valence-corrected chi connectivity index (χ0v) is 10.8. The monoisotopic (exact) mass is 268 g/mol. The number of phenolic OH excluding ortho intramolecular Hbond substituents is 2. The van der Waals surface area contributed by atoms with E-state index in [-0.39, 0.29) is 11.5 Å². The first-order valence-corrected chi connectivity index (χ1v) is 6.08. The molecule has 0 aliphatic rings. The van der Waals surface area contributed by atoms with Crippen LogP contribution in [0.25, 0.3) is 10.8 Å². The number of fused-ring (bicyclic) bond motifs is 1. The third kappa shape index (κ3) is 3.11. The highest BCUT2D eigenvalue weighted by molar-refractivity contribution is 5.95. The standard InChI is InChI=1S/C10H9NO.C6H7NO/c11-10-8-4-2-1-3-7(8)5-6-9(10)12;7-5-2-1-3-6(8)4-5/h1-6,12H,11H2;1-4,8H,7H2. The van der Waals surface area contributed by atoms with Crippen molar-refractivity contribution in [2.24, 2.45) is 0 Å². The molecule has 20 heavy (non-hydrogen) atoms. The topological polar surface area (TPSA) is 92.5 Å². The zero-order chi connectivity index (χ0) is 14.5. The summed E-state index contributed by atoms with van der Waals surface area (Å²) in [6.07, 6.45) is 0. The summed E-state index contributed by atoms with van der Waals surface area (Å²) in [6.45, 7) is 0. The van der Waals surface area contributed by atoms with Gasteiger partial charge in [-0.2, -0.15) is 0 Å². The van der Waals surface area contributed by atoms with Gasteiger partial charge in [0.25, 0.3) is 0 Å². The van der Waals surface area contributed by atoms with Crippen LogP contribution >= 0.6 is 0 Å². The predicted octanol–water partition coefficient (Wildman–Crippen LogP) is 3.10. The van der Waals surface area contributed by atoms with Gasteiger partial charge in [0, 0.05) is 17.1 Å². The van der Waals surface area contributed by atoms with Crippen LogP contribution in [-0.2, 0) is 0 Å². The van der Waals surface area contributed by atoms with Crippen molar-refractivity contribution in [2.45, 2.75) is 0 Å². The van der Waals surface area contributed by atoms with E-state index in [0.29, 0.717) is 11.4 Å². The molecule has 0 amide bonds. The van der Waals surface area contributed by atoms with Crippen LogP contribution in [0.3, 0.4) is 0 Å². The average molecular weight is 268 g/mol. The summed E-state index contributed by atoms with van der Waals surface area (Å²) in [5.74, 6) is 0.360. The van der Waals surface area contributed by atoms with E-state index in [9.17, 15) is 5.11 Å². The van der Waals surface area contributed by atoms with Crippen LogP contribution in [0.5, 0.6) is 11.5 Å². The van der Waals surface area contributed by atoms with E-state index in [1.54, 1.807) is 24.3 Å². The molecule has 0 fully saturated rings. The van der Waals surface area contributed by atoms with Crippen LogP contribution < -0.4 is 11.5 Å². The van der Waals surface area contributed by atoms with Crippen LogP contribution in [-0.4, -0.2) is 10.2 Å². The summed E-state index contributed by atoms with van der Waals surface area (Å²) in [4.78, 5) is 0. The molecule has 0 radical (unpaired) electrons. The van der Waals surface area contributed by atoms with Gasteiger partial charge < -0.3 is 21.7 Å². The highest BCUT2D eigenvalue weighted by atomic mass is 16.3. The van der Waals surface area contributed by atoms with Gasteiger partial charge >= 0.3 is 0 Å². The lowest BCUT2D eigenvalue weighted by molar-refractivity contribution is 0.475. The molecule has 4 heteroatoms. The first-order chi connectivity index (χ1) is 9.58. The molecule has 0 saturated heterocycles. The van der Waals surface area contributed by atoms with E-state index in [4.69, 9.17) is 16.6 Å². The summed E-state index contributed by atoms with van der Waals surface area (Å²) in [5, 5.41) is 20.0. The number of nitrogens with two attached hydrogens (primary N) is 2. The van der Waals surface area contributed by atoms with E-state index in [1.807, 2.05) is 30.3 Å². The van der Waals surface area contributed by atoms with Crippen molar-refractivity contribution in [3.05, 3.63) is 60.7 Å². The predicted molar refractivity (Wildman–Crippen MR) is 82.5 cm³/mol. The number of hydrogen-bond donors (Lipinski definition) is 4. The Hall–Kier alpha value is -2.88. The number of benzene rings is 3. The molecule has 0 aromatic heterocycles. The van der Waals surface area contributed by atoms with Gasteiger partial charge in [0.15, 0.2) is 0 Å². The van der Waals surface area contributed by atoms with Gasteiger partial charge in [-0.3, -0.25) is 0 Å². The van der Waals surface area contributed by atoms with Crippen LogP contribution in [0.15, 0.2) is 60.7 Å². The first-order valence-electron chi connectivity index (χ1n) is 6.08. The molecule has 4 nitrogen and oxygen atoms in total. The SMILES string of the molecule is Nc1c(O)ccc2ccccc12.Nc1cccc(O)c1. The summed E-state index contributed by atoms with van der Waals surface area (Å²) >= 11 is 0.